The number of nitrogens with zero attached hydrogens (tertiary/aromatic N) is 1. The number of hydrogen-bond donors (Lipinski definition) is 2. The van der Waals surface area contributed by atoms with E-state index in [4.69, 9.17) is 5.73 Å². The van der Waals surface area contributed by atoms with Crippen molar-refractivity contribution in [3.8, 4) is 0 Å². The summed E-state index contributed by atoms with van der Waals surface area (Å²) in [7, 11) is 0. The van der Waals surface area contributed by atoms with Gasteiger partial charge >= 0.3 is 0 Å². The minimum Gasteiger partial charge on any atom is -0.344 e. The second-order valence-corrected chi connectivity index (χ2v) is 6.25. The van der Waals surface area contributed by atoms with Gasteiger partial charge < -0.3 is 16.0 Å². The van der Waals surface area contributed by atoms with Crippen LogP contribution in [0.4, 0.5) is 0 Å². The second-order valence-electron chi connectivity index (χ2n) is 6.25. The van der Waals surface area contributed by atoms with Crippen LogP contribution >= 0.6 is 0 Å². The Bertz CT molecular complexity index is 518. The molecular formula is C18H27N3O2. The molecular weight excluding hydrogens is 290 g/mol. The zero-order valence-corrected chi connectivity index (χ0v) is 13.8. The van der Waals surface area contributed by atoms with E-state index in [1.54, 1.807) is 0 Å². The Kier molecular flexibility index (Phi) is 6.59. The van der Waals surface area contributed by atoms with Crippen molar-refractivity contribution in [2.45, 2.75) is 38.6 Å². The van der Waals surface area contributed by atoms with E-state index in [1.165, 1.54) is 0 Å². The number of amides is 2. The van der Waals surface area contributed by atoms with E-state index >= 15 is 0 Å². The first-order chi connectivity index (χ1) is 11.1. The first-order valence-corrected chi connectivity index (χ1v) is 8.46. The zero-order chi connectivity index (χ0) is 16.7. The predicted molar refractivity (Wildman–Crippen MR) is 90.7 cm³/mol. The Morgan fingerprint density at radius 1 is 1.35 bits per heavy atom. The fraction of sp³-hybridized carbons (Fsp3) is 0.556. The van der Waals surface area contributed by atoms with E-state index in [0.29, 0.717) is 31.8 Å². The Labute approximate surface area is 138 Å². The number of carbonyl (C=O) groups is 2. The Morgan fingerprint density at radius 2 is 2.09 bits per heavy atom. The van der Waals surface area contributed by atoms with Crippen LogP contribution in [0, 0.1) is 5.92 Å². The van der Waals surface area contributed by atoms with Crippen molar-refractivity contribution in [2.75, 3.05) is 19.6 Å². The average molecular weight is 317 g/mol. The van der Waals surface area contributed by atoms with Crippen LogP contribution in [-0.2, 0) is 16.0 Å². The van der Waals surface area contributed by atoms with Crippen LogP contribution < -0.4 is 11.1 Å². The van der Waals surface area contributed by atoms with Crippen molar-refractivity contribution in [1.82, 2.24) is 10.2 Å². The van der Waals surface area contributed by atoms with Gasteiger partial charge in [-0.2, -0.15) is 0 Å². The molecule has 0 saturated carbocycles. The fourth-order valence-electron chi connectivity index (χ4n) is 3.02. The van der Waals surface area contributed by atoms with Crippen molar-refractivity contribution in [3.05, 3.63) is 35.9 Å². The van der Waals surface area contributed by atoms with Crippen molar-refractivity contribution in [1.29, 1.82) is 0 Å². The number of rotatable bonds is 7. The van der Waals surface area contributed by atoms with Crippen molar-refractivity contribution >= 4 is 11.8 Å². The maximum absolute atomic E-state index is 12.7. The highest BCUT2D eigenvalue weighted by Crippen LogP contribution is 2.17. The van der Waals surface area contributed by atoms with Gasteiger partial charge in [0.25, 0.3) is 0 Å². The fourth-order valence-corrected chi connectivity index (χ4v) is 3.02. The molecule has 2 unspecified atom stereocenters. The van der Waals surface area contributed by atoms with Gasteiger partial charge in [0.15, 0.2) is 0 Å². The lowest BCUT2D eigenvalue weighted by molar-refractivity contribution is -0.135. The Balaban J connectivity index is 1.92. The molecule has 23 heavy (non-hydrogen) atoms. The number of nitrogens with one attached hydrogen (secondary N) is 1. The van der Waals surface area contributed by atoms with Gasteiger partial charge in [0.05, 0.1) is 6.42 Å². The summed E-state index contributed by atoms with van der Waals surface area (Å²) in [4.78, 5) is 26.7. The average Bonchev–Trinajstić information content (AvgIpc) is 3.03. The quantitative estimate of drug-likeness (QED) is 0.796. The summed E-state index contributed by atoms with van der Waals surface area (Å²) >= 11 is 0. The molecule has 5 nitrogen and oxygen atoms in total. The molecule has 1 aliphatic rings. The van der Waals surface area contributed by atoms with Crippen LogP contribution in [0.5, 0.6) is 0 Å². The molecule has 126 valence electrons. The predicted octanol–water partition coefficient (Wildman–Crippen LogP) is 1.32. The van der Waals surface area contributed by atoms with Crippen molar-refractivity contribution in [2.24, 2.45) is 11.7 Å². The molecule has 1 aromatic rings. The Morgan fingerprint density at radius 3 is 2.70 bits per heavy atom. The third-order valence-corrected chi connectivity index (χ3v) is 4.35. The van der Waals surface area contributed by atoms with Gasteiger partial charge in [0.2, 0.25) is 11.8 Å². The van der Waals surface area contributed by atoms with Gasteiger partial charge in [-0.05, 0) is 30.9 Å². The molecule has 2 rings (SSSR count). The topological polar surface area (TPSA) is 75.4 Å². The highest BCUT2D eigenvalue weighted by Gasteiger charge is 2.30. The van der Waals surface area contributed by atoms with Crippen LogP contribution in [0.25, 0.3) is 0 Å². The maximum Gasteiger partial charge on any atom is 0.245 e. The van der Waals surface area contributed by atoms with Gasteiger partial charge in [-0.1, -0.05) is 43.7 Å². The van der Waals surface area contributed by atoms with Gasteiger partial charge in [0, 0.05) is 13.1 Å². The van der Waals surface area contributed by atoms with Crippen molar-refractivity contribution in [3.63, 3.8) is 0 Å². The lowest BCUT2D eigenvalue weighted by atomic mass is 10.1. The second kappa shape index (κ2) is 8.67. The summed E-state index contributed by atoms with van der Waals surface area (Å²) in [6.45, 7) is 4.10. The molecule has 0 bridgehead atoms. The highest BCUT2D eigenvalue weighted by molar-refractivity contribution is 5.88. The van der Waals surface area contributed by atoms with Crippen LogP contribution in [0.2, 0.25) is 0 Å². The van der Waals surface area contributed by atoms with Gasteiger partial charge in [0.1, 0.15) is 6.04 Å². The minimum absolute atomic E-state index is 0.0317. The SMILES string of the molecule is CCCC(NC(=O)Cc1ccccc1)C(=O)N1CCC(CN)C1. The smallest absolute Gasteiger partial charge is 0.245 e. The van der Waals surface area contributed by atoms with E-state index in [-0.39, 0.29) is 11.8 Å². The van der Waals surface area contributed by atoms with E-state index in [1.807, 2.05) is 42.2 Å². The molecule has 2 atom stereocenters. The largest absolute Gasteiger partial charge is 0.344 e. The summed E-state index contributed by atoms with van der Waals surface area (Å²) in [5.74, 6) is 0.322. The molecule has 1 saturated heterocycles. The molecule has 5 heteroatoms. The summed E-state index contributed by atoms with van der Waals surface area (Å²) in [5.41, 5.74) is 6.65. The molecule has 2 amide bonds. The number of nitrogens with two attached hydrogens (primary N) is 1. The lowest BCUT2D eigenvalue weighted by Gasteiger charge is -2.24. The molecule has 0 radical (unpaired) electrons. The first kappa shape index (κ1) is 17.5. The van der Waals surface area contributed by atoms with Gasteiger partial charge in [-0.3, -0.25) is 9.59 Å². The van der Waals surface area contributed by atoms with E-state index < -0.39 is 6.04 Å². The third kappa shape index (κ3) is 5.06. The normalized spacial score (nSPS) is 18.7. The molecule has 0 spiro atoms. The lowest BCUT2D eigenvalue weighted by Crippen LogP contribution is -2.48. The zero-order valence-electron chi connectivity index (χ0n) is 13.8. The van der Waals surface area contributed by atoms with E-state index in [2.05, 4.69) is 5.32 Å². The summed E-state index contributed by atoms with van der Waals surface area (Å²) in [6, 6.07) is 9.16. The molecule has 1 aliphatic heterocycles. The summed E-state index contributed by atoms with van der Waals surface area (Å²) in [6.07, 6.45) is 2.79. The van der Waals surface area contributed by atoms with Gasteiger partial charge in [-0.15, -0.1) is 0 Å². The third-order valence-electron chi connectivity index (χ3n) is 4.35. The minimum atomic E-state index is -0.423. The summed E-state index contributed by atoms with van der Waals surface area (Å²) in [5, 5.41) is 2.91. The number of benzene rings is 1. The highest BCUT2D eigenvalue weighted by atomic mass is 16.2. The number of carbonyl (C=O) groups excluding carboxylic acids is 2. The van der Waals surface area contributed by atoms with Crippen LogP contribution in [-0.4, -0.2) is 42.4 Å². The molecule has 0 aliphatic carbocycles. The van der Waals surface area contributed by atoms with Crippen LogP contribution in [0.15, 0.2) is 30.3 Å². The number of hydrogen-bond acceptors (Lipinski definition) is 3. The molecule has 3 N–H and O–H groups in total. The van der Waals surface area contributed by atoms with E-state index in [9.17, 15) is 9.59 Å². The maximum atomic E-state index is 12.7. The molecule has 1 aromatic carbocycles. The number of likely N-dealkylation sites (tertiary alicyclic amines) is 1. The van der Waals surface area contributed by atoms with Gasteiger partial charge in [-0.25, -0.2) is 0 Å². The Hall–Kier alpha value is -1.88. The molecule has 0 aromatic heterocycles. The first-order valence-electron chi connectivity index (χ1n) is 8.46. The monoisotopic (exact) mass is 317 g/mol. The van der Waals surface area contributed by atoms with E-state index in [0.717, 1.165) is 24.9 Å². The standard InChI is InChI=1S/C18H27N3O2/c1-2-6-16(18(23)21-10-9-15(12-19)13-21)20-17(22)11-14-7-4-3-5-8-14/h3-5,7-8,15-16H,2,6,9-13,19H2,1H3,(H,20,22). The molecule has 1 heterocycles. The summed E-state index contributed by atoms with van der Waals surface area (Å²) < 4.78 is 0. The molecule has 1 fully saturated rings. The van der Waals surface area contributed by atoms with Crippen LogP contribution in [0.1, 0.15) is 31.7 Å². The van der Waals surface area contributed by atoms with Crippen LogP contribution in [0.3, 0.4) is 0 Å². The van der Waals surface area contributed by atoms with Crippen molar-refractivity contribution < 1.29 is 9.59 Å².